The molecule has 0 bridgehead atoms. The Bertz CT molecular complexity index is 1020. The summed E-state index contributed by atoms with van der Waals surface area (Å²) in [7, 11) is 0. The first-order valence-corrected chi connectivity index (χ1v) is 11.9. The van der Waals surface area contributed by atoms with Crippen molar-refractivity contribution in [2.24, 2.45) is 5.92 Å². The number of benzene rings is 1. The van der Waals surface area contributed by atoms with E-state index in [1.165, 1.54) is 0 Å². The highest BCUT2D eigenvalue weighted by molar-refractivity contribution is 5.95. The van der Waals surface area contributed by atoms with Crippen LogP contribution in [-0.4, -0.2) is 48.1 Å². The normalized spacial score (nSPS) is 21.7. The number of amides is 1. The topological polar surface area (TPSA) is 96.6 Å². The highest BCUT2D eigenvalue weighted by Crippen LogP contribution is 2.35. The molecule has 0 spiro atoms. The minimum Gasteiger partial charge on any atom is -0.393 e. The van der Waals surface area contributed by atoms with E-state index in [2.05, 4.69) is 15.8 Å². The van der Waals surface area contributed by atoms with Gasteiger partial charge in [0, 0.05) is 36.9 Å². The summed E-state index contributed by atoms with van der Waals surface area (Å²) >= 11 is 0. The maximum atomic E-state index is 14.3. The summed E-state index contributed by atoms with van der Waals surface area (Å²) in [5.74, 6) is -1.52. The molecule has 2 fully saturated rings. The number of halogens is 4. The second-order valence-corrected chi connectivity index (χ2v) is 9.21. The molecule has 2 aliphatic rings. The number of carbonyl (C=O) groups excluding carboxylic acids is 1. The molecule has 0 radical (unpaired) electrons. The number of aromatic nitrogens is 1. The molecule has 2 heterocycles. The Balaban J connectivity index is 1.57. The van der Waals surface area contributed by atoms with Crippen LogP contribution in [0.5, 0.6) is 0 Å². The monoisotopic (exact) mass is 499 g/mol. The summed E-state index contributed by atoms with van der Waals surface area (Å²) in [5, 5.41) is 19.9. The third-order valence-electron chi connectivity index (χ3n) is 6.60. The molecule has 1 aromatic heterocycles. The largest absolute Gasteiger partial charge is 0.419 e. The fraction of sp³-hybridized carbons (Fsp3) is 0.583. The van der Waals surface area contributed by atoms with Crippen LogP contribution >= 0.6 is 0 Å². The first-order chi connectivity index (χ1) is 16.7. The molecule has 2 aromatic rings. The number of rotatable bonds is 7. The second-order valence-electron chi connectivity index (χ2n) is 9.21. The van der Waals surface area contributed by atoms with Crippen LogP contribution in [0.2, 0.25) is 0 Å². The quantitative estimate of drug-likeness (QED) is 0.498. The van der Waals surface area contributed by atoms with E-state index in [1.807, 2.05) is 0 Å². The van der Waals surface area contributed by atoms with Gasteiger partial charge in [0.15, 0.2) is 11.5 Å². The first kappa shape index (κ1) is 25.6. The smallest absolute Gasteiger partial charge is 0.393 e. The fourth-order valence-electron chi connectivity index (χ4n) is 4.67. The fourth-order valence-corrected chi connectivity index (χ4v) is 4.67. The summed E-state index contributed by atoms with van der Waals surface area (Å²) in [6.45, 7) is 2.16. The molecule has 2 atom stereocenters. The predicted octanol–water partition coefficient (Wildman–Crippen LogP) is 4.05. The summed E-state index contributed by atoms with van der Waals surface area (Å²) in [5.41, 5.74) is -1.00. The van der Waals surface area contributed by atoms with Crippen molar-refractivity contribution in [1.29, 1.82) is 0 Å². The Labute approximate surface area is 200 Å². The molecular weight excluding hydrogens is 470 g/mol. The first-order valence-electron chi connectivity index (χ1n) is 11.9. The van der Waals surface area contributed by atoms with Crippen LogP contribution in [0.25, 0.3) is 11.3 Å². The molecule has 192 valence electrons. The van der Waals surface area contributed by atoms with E-state index < -0.39 is 29.6 Å². The van der Waals surface area contributed by atoms with Crippen LogP contribution in [0.15, 0.2) is 22.7 Å². The van der Waals surface area contributed by atoms with Crippen molar-refractivity contribution in [1.82, 2.24) is 15.8 Å². The van der Waals surface area contributed by atoms with E-state index in [4.69, 9.17) is 9.26 Å². The molecule has 7 nitrogen and oxygen atoms in total. The zero-order valence-corrected chi connectivity index (χ0v) is 19.2. The third-order valence-corrected chi connectivity index (χ3v) is 6.60. The lowest BCUT2D eigenvalue weighted by Crippen LogP contribution is -2.40. The van der Waals surface area contributed by atoms with E-state index in [1.54, 1.807) is 0 Å². The molecule has 1 saturated heterocycles. The van der Waals surface area contributed by atoms with Gasteiger partial charge in [-0.05, 0) is 63.1 Å². The van der Waals surface area contributed by atoms with Crippen LogP contribution in [0.4, 0.5) is 17.6 Å². The molecule has 1 amide bonds. The number of alkyl halides is 3. The molecule has 11 heteroatoms. The van der Waals surface area contributed by atoms with Crippen LogP contribution in [0.1, 0.15) is 60.1 Å². The Morgan fingerprint density at radius 3 is 2.63 bits per heavy atom. The van der Waals surface area contributed by atoms with Gasteiger partial charge in [-0.25, -0.2) is 4.39 Å². The van der Waals surface area contributed by atoms with E-state index in [-0.39, 0.29) is 29.6 Å². The summed E-state index contributed by atoms with van der Waals surface area (Å²) in [6.07, 6.45) is -0.920. The number of carbonyl (C=O) groups is 1. The van der Waals surface area contributed by atoms with E-state index in [0.29, 0.717) is 50.1 Å². The van der Waals surface area contributed by atoms with Gasteiger partial charge in [0.1, 0.15) is 5.82 Å². The van der Waals surface area contributed by atoms with Crippen molar-refractivity contribution in [3.63, 3.8) is 0 Å². The van der Waals surface area contributed by atoms with E-state index in [0.717, 1.165) is 37.8 Å². The highest BCUT2D eigenvalue weighted by Gasteiger charge is 2.35. The maximum Gasteiger partial charge on any atom is 0.419 e. The summed E-state index contributed by atoms with van der Waals surface area (Å²) in [4.78, 5) is 13.0. The van der Waals surface area contributed by atoms with Crippen molar-refractivity contribution in [3.05, 3.63) is 40.8 Å². The van der Waals surface area contributed by atoms with Crippen LogP contribution in [-0.2, 0) is 17.5 Å². The molecule has 1 aliphatic carbocycles. The average molecular weight is 500 g/mol. The number of nitrogens with zero attached hydrogens (tertiary/aromatic N) is 1. The lowest BCUT2D eigenvalue weighted by Gasteiger charge is -2.26. The van der Waals surface area contributed by atoms with Crippen molar-refractivity contribution in [3.8, 4) is 11.3 Å². The molecule has 1 aromatic carbocycles. The van der Waals surface area contributed by atoms with Crippen molar-refractivity contribution in [2.75, 3.05) is 19.8 Å². The highest BCUT2D eigenvalue weighted by atomic mass is 19.4. The number of nitrogens with one attached hydrogen (secondary N) is 2. The van der Waals surface area contributed by atoms with Gasteiger partial charge in [0.25, 0.3) is 5.91 Å². The molecule has 1 saturated carbocycles. The van der Waals surface area contributed by atoms with Gasteiger partial charge in [-0.3, -0.25) is 4.79 Å². The molecule has 4 rings (SSSR count). The minimum absolute atomic E-state index is 0.0140. The Morgan fingerprint density at radius 1 is 1.17 bits per heavy atom. The summed E-state index contributed by atoms with van der Waals surface area (Å²) < 4.78 is 64.0. The minimum atomic E-state index is -4.83. The molecule has 1 aliphatic heterocycles. The Hall–Kier alpha value is -2.50. The number of hydrogen-bond donors (Lipinski definition) is 3. The van der Waals surface area contributed by atoms with Gasteiger partial charge in [-0.2, -0.15) is 13.2 Å². The van der Waals surface area contributed by atoms with Crippen molar-refractivity contribution in [2.45, 2.75) is 63.4 Å². The number of ether oxygens (including phenoxy) is 1. The van der Waals surface area contributed by atoms with Crippen LogP contribution < -0.4 is 10.6 Å². The van der Waals surface area contributed by atoms with E-state index >= 15 is 0 Å². The number of aliphatic hydroxyl groups is 1. The third kappa shape index (κ3) is 6.39. The standard InChI is InChI=1S/C24H29F4N3O4/c25-20-10-15(4-5-19(20)24(26,27)28)22-18(13-29-12-14-6-8-34-9-7-14)21(31-35-22)23(33)30-16-2-1-3-17(32)11-16/h4-5,10,14,16-17,29,32H,1-3,6-9,11-13H2,(H,30,33)/t16-,17+/m1/s1. The number of hydrogen-bond acceptors (Lipinski definition) is 6. The van der Waals surface area contributed by atoms with Crippen LogP contribution in [0.3, 0.4) is 0 Å². The lowest BCUT2D eigenvalue weighted by molar-refractivity contribution is -0.139. The van der Waals surface area contributed by atoms with Crippen LogP contribution in [0, 0.1) is 11.7 Å². The van der Waals surface area contributed by atoms with Gasteiger partial charge in [-0.1, -0.05) is 11.2 Å². The average Bonchev–Trinajstić information content (AvgIpc) is 3.23. The van der Waals surface area contributed by atoms with Gasteiger partial charge >= 0.3 is 6.18 Å². The predicted molar refractivity (Wildman–Crippen MR) is 118 cm³/mol. The van der Waals surface area contributed by atoms with Gasteiger partial charge < -0.3 is 25.0 Å². The Morgan fingerprint density at radius 2 is 1.94 bits per heavy atom. The van der Waals surface area contributed by atoms with Gasteiger partial charge in [0.2, 0.25) is 0 Å². The lowest BCUT2D eigenvalue weighted by atomic mass is 9.93. The van der Waals surface area contributed by atoms with Crippen molar-refractivity contribution >= 4 is 5.91 Å². The summed E-state index contributed by atoms with van der Waals surface area (Å²) in [6, 6.07) is 2.27. The number of aliphatic hydroxyl groups excluding tert-OH is 1. The molecule has 3 N–H and O–H groups in total. The van der Waals surface area contributed by atoms with Gasteiger partial charge in [0.05, 0.1) is 11.7 Å². The zero-order valence-electron chi connectivity index (χ0n) is 19.2. The molecule has 0 unspecified atom stereocenters. The second kappa shape index (κ2) is 11.0. The molecular formula is C24H29F4N3O4. The van der Waals surface area contributed by atoms with Gasteiger partial charge in [-0.15, -0.1) is 0 Å². The molecule has 35 heavy (non-hydrogen) atoms. The zero-order chi connectivity index (χ0) is 25.0. The Kier molecular flexibility index (Phi) is 8.08. The van der Waals surface area contributed by atoms with Crippen molar-refractivity contribution < 1.29 is 36.7 Å². The maximum absolute atomic E-state index is 14.3. The SMILES string of the molecule is O=C(N[C@@H]1CCC[C@H](O)C1)c1noc(-c2ccc(C(F)(F)F)c(F)c2)c1CNCC1CCOCC1. The van der Waals surface area contributed by atoms with E-state index in [9.17, 15) is 27.5 Å².